The zero-order valence-corrected chi connectivity index (χ0v) is 7.74. The first kappa shape index (κ1) is 10.9. The van der Waals surface area contributed by atoms with Gasteiger partial charge in [0.1, 0.15) is 0 Å². The highest BCUT2D eigenvalue weighted by Gasteiger charge is 2.06. The van der Waals surface area contributed by atoms with Gasteiger partial charge in [-0.05, 0) is 26.3 Å². The van der Waals surface area contributed by atoms with Crippen molar-refractivity contribution in [3.63, 3.8) is 0 Å². The highest BCUT2D eigenvalue weighted by atomic mass is 16.4. The average Bonchev–Trinajstić information content (AvgIpc) is 2.00. The average molecular weight is 169 g/mol. The highest BCUT2D eigenvalue weighted by Crippen LogP contribution is 2.03. The molecule has 1 atom stereocenters. The summed E-state index contributed by atoms with van der Waals surface area (Å²) in [6.45, 7) is 5.41. The number of hydrogen-bond donors (Lipinski definition) is 1. The zero-order valence-electron chi connectivity index (χ0n) is 7.74. The Balaban J connectivity index is 4.15. The number of hydrogen-bond acceptors (Lipinski definition) is 2. The molecule has 0 heterocycles. The lowest BCUT2D eigenvalue weighted by atomic mass is 10.1. The number of carboxylic acids is 1. The van der Waals surface area contributed by atoms with E-state index in [0.717, 1.165) is 12.1 Å². The summed E-state index contributed by atoms with van der Waals surface area (Å²) in [7, 11) is 0. The Morgan fingerprint density at radius 1 is 1.67 bits per heavy atom. The van der Waals surface area contributed by atoms with Crippen molar-refractivity contribution in [3.8, 4) is 0 Å². The summed E-state index contributed by atoms with van der Waals surface area (Å²) in [6, 6.07) is 0. The third-order valence-corrected chi connectivity index (χ3v) is 1.36. The number of aliphatic imine (C=N–C) groups is 1. The maximum atomic E-state index is 10.4. The minimum Gasteiger partial charge on any atom is -0.481 e. The summed E-state index contributed by atoms with van der Waals surface area (Å²) in [6.07, 6.45) is 4.27. The molecule has 0 aliphatic heterocycles. The van der Waals surface area contributed by atoms with Gasteiger partial charge in [0.25, 0.3) is 0 Å². The Morgan fingerprint density at radius 3 is 2.67 bits per heavy atom. The lowest BCUT2D eigenvalue weighted by Gasteiger charge is -1.98. The summed E-state index contributed by atoms with van der Waals surface area (Å²) in [5.41, 5.74) is 0.756. The van der Waals surface area contributed by atoms with Crippen LogP contribution in [0.5, 0.6) is 0 Å². The highest BCUT2D eigenvalue weighted by molar-refractivity contribution is 5.71. The van der Waals surface area contributed by atoms with E-state index in [1.54, 1.807) is 26.1 Å². The smallest absolute Gasteiger partial charge is 0.310 e. The molecule has 0 saturated carbocycles. The molecule has 68 valence electrons. The van der Waals surface area contributed by atoms with Crippen molar-refractivity contribution >= 4 is 12.2 Å². The molecule has 0 bridgehead atoms. The molecule has 0 amide bonds. The van der Waals surface area contributed by atoms with Crippen molar-refractivity contribution in [2.45, 2.75) is 27.2 Å². The number of aliphatic carboxylic acids is 1. The molecule has 0 aromatic carbocycles. The second-order valence-corrected chi connectivity index (χ2v) is 2.65. The maximum absolute atomic E-state index is 10.4. The molecule has 1 unspecified atom stereocenters. The molecule has 0 saturated heterocycles. The van der Waals surface area contributed by atoms with Crippen molar-refractivity contribution in [1.29, 1.82) is 0 Å². The predicted molar refractivity (Wildman–Crippen MR) is 49.3 cm³/mol. The van der Waals surface area contributed by atoms with Crippen LogP contribution in [0.4, 0.5) is 0 Å². The molecule has 0 aliphatic carbocycles. The second-order valence-electron chi connectivity index (χ2n) is 2.65. The molecule has 0 fully saturated rings. The van der Waals surface area contributed by atoms with Crippen LogP contribution in [-0.4, -0.2) is 17.3 Å². The minimum atomic E-state index is -0.818. The van der Waals surface area contributed by atoms with Gasteiger partial charge in [-0.3, -0.25) is 9.79 Å². The molecule has 0 rings (SSSR count). The van der Waals surface area contributed by atoms with Gasteiger partial charge in [0.2, 0.25) is 0 Å². The number of allylic oxidation sites excluding steroid dienone is 1. The van der Waals surface area contributed by atoms with E-state index < -0.39 is 11.9 Å². The Labute approximate surface area is 72.8 Å². The van der Waals surface area contributed by atoms with Crippen LogP contribution >= 0.6 is 0 Å². The molecule has 0 aliphatic rings. The second kappa shape index (κ2) is 5.52. The van der Waals surface area contributed by atoms with Crippen molar-refractivity contribution < 1.29 is 9.90 Å². The number of rotatable bonds is 4. The van der Waals surface area contributed by atoms with Gasteiger partial charge >= 0.3 is 5.97 Å². The lowest BCUT2D eigenvalue weighted by Crippen LogP contribution is -2.06. The van der Waals surface area contributed by atoms with E-state index in [9.17, 15) is 4.79 Å². The van der Waals surface area contributed by atoms with Gasteiger partial charge in [-0.2, -0.15) is 0 Å². The minimum absolute atomic E-state index is 0.459. The molecule has 0 spiro atoms. The summed E-state index contributed by atoms with van der Waals surface area (Å²) in [5, 5.41) is 8.56. The number of carboxylic acid groups (broad SMARTS) is 1. The van der Waals surface area contributed by atoms with Gasteiger partial charge < -0.3 is 5.11 Å². The van der Waals surface area contributed by atoms with Crippen LogP contribution in [0.1, 0.15) is 27.2 Å². The van der Waals surface area contributed by atoms with Crippen molar-refractivity contribution in [2.75, 3.05) is 0 Å². The van der Waals surface area contributed by atoms with E-state index in [4.69, 9.17) is 5.11 Å². The molecule has 0 aromatic rings. The van der Waals surface area contributed by atoms with Gasteiger partial charge in [-0.15, -0.1) is 0 Å². The van der Waals surface area contributed by atoms with Crippen LogP contribution in [0.25, 0.3) is 0 Å². The van der Waals surface area contributed by atoms with Gasteiger partial charge in [-0.1, -0.05) is 6.92 Å². The van der Waals surface area contributed by atoms with E-state index in [-0.39, 0.29) is 0 Å². The van der Waals surface area contributed by atoms with E-state index in [2.05, 4.69) is 4.99 Å². The first-order chi connectivity index (χ1) is 5.57. The Hall–Kier alpha value is -1.12. The molecule has 3 heteroatoms. The lowest BCUT2D eigenvalue weighted by molar-refractivity contribution is -0.139. The van der Waals surface area contributed by atoms with E-state index >= 15 is 0 Å². The monoisotopic (exact) mass is 169 g/mol. The van der Waals surface area contributed by atoms with Gasteiger partial charge in [0, 0.05) is 11.9 Å². The van der Waals surface area contributed by atoms with Crippen molar-refractivity contribution in [2.24, 2.45) is 10.9 Å². The van der Waals surface area contributed by atoms with Gasteiger partial charge in [-0.25, -0.2) is 0 Å². The maximum Gasteiger partial charge on any atom is 0.310 e. The molecule has 0 aromatic heterocycles. The first-order valence-electron chi connectivity index (χ1n) is 4.01. The van der Waals surface area contributed by atoms with E-state index in [1.165, 1.54) is 0 Å². The Bertz CT molecular complexity index is 207. The molecule has 1 N–H and O–H groups in total. The summed E-state index contributed by atoms with van der Waals surface area (Å²) >= 11 is 0. The topological polar surface area (TPSA) is 49.7 Å². The van der Waals surface area contributed by atoms with E-state index in [0.29, 0.717) is 0 Å². The third-order valence-electron chi connectivity index (χ3n) is 1.36. The fourth-order valence-corrected chi connectivity index (χ4v) is 0.711. The SMILES string of the molecule is CCC=N/C(C)=C\C(C)C(=O)O. The summed E-state index contributed by atoms with van der Waals surface area (Å²) < 4.78 is 0. The van der Waals surface area contributed by atoms with Crippen LogP contribution in [0.15, 0.2) is 16.8 Å². The van der Waals surface area contributed by atoms with Crippen LogP contribution in [0, 0.1) is 5.92 Å². The summed E-state index contributed by atoms with van der Waals surface area (Å²) in [5.74, 6) is -1.28. The van der Waals surface area contributed by atoms with Gasteiger partial charge in [0.05, 0.1) is 5.92 Å². The predicted octanol–water partition coefficient (Wildman–Crippen LogP) is 2.09. The standard InChI is InChI=1S/C9H15NO2/c1-4-5-10-8(3)6-7(2)9(11)12/h5-7H,4H2,1-3H3,(H,11,12)/b8-6-,10-5?. The summed E-state index contributed by atoms with van der Waals surface area (Å²) in [4.78, 5) is 14.4. The fourth-order valence-electron chi connectivity index (χ4n) is 0.711. The van der Waals surface area contributed by atoms with Crippen LogP contribution in [-0.2, 0) is 4.79 Å². The Morgan fingerprint density at radius 2 is 2.25 bits per heavy atom. The van der Waals surface area contributed by atoms with Gasteiger partial charge in [0.15, 0.2) is 0 Å². The van der Waals surface area contributed by atoms with Crippen molar-refractivity contribution in [3.05, 3.63) is 11.8 Å². The molecular formula is C9H15NO2. The number of nitrogens with zero attached hydrogens (tertiary/aromatic N) is 1. The fraction of sp³-hybridized carbons (Fsp3) is 0.556. The quantitative estimate of drug-likeness (QED) is 0.655. The molecule has 12 heavy (non-hydrogen) atoms. The normalized spacial score (nSPS) is 15.1. The van der Waals surface area contributed by atoms with Crippen LogP contribution in [0.3, 0.4) is 0 Å². The first-order valence-corrected chi connectivity index (χ1v) is 4.01. The van der Waals surface area contributed by atoms with Crippen LogP contribution < -0.4 is 0 Å². The largest absolute Gasteiger partial charge is 0.481 e. The third kappa shape index (κ3) is 4.66. The van der Waals surface area contributed by atoms with Crippen molar-refractivity contribution in [1.82, 2.24) is 0 Å². The van der Waals surface area contributed by atoms with Crippen LogP contribution in [0.2, 0.25) is 0 Å². The Kier molecular flexibility index (Phi) is 5.00. The number of carbonyl (C=O) groups is 1. The molecule has 0 radical (unpaired) electrons. The zero-order chi connectivity index (χ0) is 9.56. The van der Waals surface area contributed by atoms with E-state index in [1.807, 2.05) is 6.92 Å². The molecular weight excluding hydrogens is 154 g/mol. The molecule has 3 nitrogen and oxygen atoms in total.